The maximum atomic E-state index is 11.4. The largest absolute Gasteiger partial charge is 0.398 e. The molecule has 2 atom stereocenters. The maximum absolute atomic E-state index is 11.4. The number of nitrogens with zero attached hydrogens (tertiary/aromatic N) is 2. The highest BCUT2D eigenvalue weighted by molar-refractivity contribution is 7.99. The van der Waals surface area contributed by atoms with Crippen molar-refractivity contribution in [1.82, 2.24) is 0 Å². The van der Waals surface area contributed by atoms with E-state index in [1.807, 2.05) is 12.1 Å². The summed E-state index contributed by atoms with van der Waals surface area (Å²) in [6.07, 6.45) is 0.342. The number of thioether (sulfide) groups is 1. The van der Waals surface area contributed by atoms with Crippen molar-refractivity contribution < 1.29 is 9.85 Å². The summed E-state index contributed by atoms with van der Waals surface area (Å²) in [5.74, 6) is 0. The summed E-state index contributed by atoms with van der Waals surface area (Å²) in [5, 5.41) is 21.7. The van der Waals surface area contributed by atoms with Gasteiger partial charge in [0.15, 0.2) is 0 Å². The number of nitro groups is 2. The van der Waals surface area contributed by atoms with Crippen LogP contribution in [0.25, 0.3) is 0 Å². The first-order valence-electron chi connectivity index (χ1n) is 7.33. The van der Waals surface area contributed by atoms with Crippen LogP contribution in [0.4, 0.5) is 11.4 Å². The molecule has 0 aliphatic carbocycles. The number of hydrogen-bond donors (Lipinski definition) is 1. The molecule has 2 aromatic carbocycles. The molecule has 0 spiro atoms. The van der Waals surface area contributed by atoms with Crippen LogP contribution in [-0.2, 0) is 0 Å². The number of rotatable bonds is 7. The summed E-state index contributed by atoms with van der Waals surface area (Å²) >= 11 is 1.31. The molecule has 24 heavy (non-hydrogen) atoms. The predicted octanol–water partition coefficient (Wildman–Crippen LogP) is 4.07. The van der Waals surface area contributed by atoms with Gasteiger partial charge in [0.25, 0.3) is 5.69 Å². The van der Waals surface area contributed by atoms with E-state index in [-0.39, 0.29) is 10.6 Å². The average molecular weight is 347 g/mol. The molecule has 2 rings (SSSR count). The van der Waals surface area contributed by atoms with Gasteiger partial charge in [-0.1, -0.05) is 31.2 Å². The van der Waals surface area contributed by atoms with Gasteiger partial charge in [0.05, 0.1) is 4.92 Å². The van der Waals surface area contributed by atoms with Crippen molar-refractivity contribution in [3.8, 4) is 0 Å². The van der Waals surface area contributed by atoms with Crippen molar-refractivity contribution in [2.45, 2.75) is 29.5 Å². The van der Waals surface area contributed by atoms with Crippen molar-refractivity contribution in [3.05, 3.63) is 74.3 Å². The fourth-order valence-corrected chi connectivity index (χ4v) is 3.73. The van der Waals surface area contributed by atoms with E-state index in [0.29, 0.717) is 17.7 Å². The molecule has 0 radical (unpaired) electrons. The van der Waals surface area contributed by atoms with E-state index >= 15 is 0 Å². The van der Waals surface area contributed by atoms with E-state index in [1.165, 1.54) is 23.9 Å². The molecule has 0 aromatic heterocycles. The SMILES string of the molecule is CCC(C(Sc1ccccc1N)c1ccc([N+](=O)[O-])cc1)[N+](=O)[O-]. The maximum Gasteiger partial charge on any atom is 0.269 e. The zero-order valence-electron chi connectivity index (χ0n) is 13.0. The molecule has 0 fully saturated rings. The number of hydrogen-bond acceptors (Lipinski definition) is 6. The number of para-hydroxylation sites is 1. The van der Waals surface area contributed by atoms with Crippen LogP contribution >= 0.6 is 11.8 Å². The van der Waals surface area contributed by atoms with Crippen LogP contribution < -0.4 is 5.73 Å². The van der Waals surface area contributed by atoms with Gasteiger partial charge in [0.1, 0.15) is 5.25 Å². The third-order valence-corrected chi connectivity index (χ3v) is 5.11. The lowest BCUT2D eigenvalue weighted by Gasteiger charge is -2.20. The molecule has 0 saturated heterocycles. The summed E-state index contributed by atoms with van der Waals surface area (Å²) in [5.41, 5.74) is 7.12. The molecule has 0 aliphatic rings. The molecule has 2 N–H and O–H groups in total. The lowest BCUT2D eigenvalue weighted by Crippen LogP contribution is -2.25. The molecule has 126 valence electrons. The molecule has 0 bridgehead atoms. The lowest BCUT2D eigenvalue weighted by molar-refractivity contribution is -0.522. The number of nitrogen functional groups attached to an aromatic ring is 1. The highest BCUT2D eigenvalue weighted by atomic mass is 32.2. The second-order valence-corrected chi connectivity index (χ2v) is 6.37. The number of nitro benzene ring substituents is 1. The summed E-state index contributed by atoms with van der Waals surface area (Å²) in [7, 11) is 0. The molecule has 0 heterocycles. The number of non-ortho nitro benzene ring substituents is 1. The third kappa shape index (κ3) is 4.02. The Hall–Kier alpha value is -2.61. The Labute approximate surface area is 143 Å². The second kappa shape index (κ2) is 7.78. The summed E-state index contributed by atoms with van der Waals surface area (Å²) < 4.78 is 0. The van der Waals surface area contributed by atoms with Gasteiger partial charge >= 0.3 is 0 Å². The van der Waals surface area contributed by atoms with E-state index in [1.54, 1.807) is 31.2 Å². The van der Waals surface area contributed by atoms with Crippen molar-refractivity contribution in [1.29, 1.82) is 0 Å². The fourth-order valence-electron chi connectivity index (χ4n) is 2.35. The Morgan fingerprint density at radius 1 is 1.08 bits per heavy atom. The van der Waals surface area contributed by atoms with Crippen LogP contribution in [0.5, 0.6) is 0 Å². The van der Waals surface area contributed by atoms with Gasteiger partial charge in [-0.25, -0.2) is 0 Å². The van der Waals surface area contributed by atoms with E-state index in [9.17, 15) is 20.2 Å². The first kappa shape index (κ1) is 17.7. The Morgan fingerprint density at radius 3 is 2.21 bits per heavy atom. The summed E-state index contributed by atoms with van der Waals surface area (Å²) in [4.78, 5) is 22.2. The Balaban J connectivity index is 2.40. The van der Waals surface area contributed by atoms with Gasteiger partial charge < -0.3 is 5.73 Å². The molecule has 0 saturated carbocycles. The molecular formula is C16H17N3O4S. The lowest BCUT2D eigenvalue weighted by atomic mass is 10.0. The summed E-state index contributed by atoms with van der Waals surface area (Å²) in [6.45, 7) is 1.75. The van der Waals surface area contributed by atoms with Gasteiger partial charge in [-0.3, -0.25) is 20.2 Å². The normalized spacial score (nSPS) is 13.2. The van der Waals surface area contributed by atoms with E-state index in [0.717, 1.165) is 4.90 Å². The van der Waals surface area contributed by atoms with E-state index in [2.05, 4.69) is 0 Å². The average Bonchev–Trinajstić information content (AvgIpc) is 2.56. The number of nitrogens with two attached hydrogens (primary N) is 1. The van der Waals surface area contributed by atoms with Gasteiger partial charge in [0.2, 0.25) is 6.04 Å². The van der Waals surface area contributed by atoms with Crippen molar-refractivity contribution in [2.24, 2.45) is 0 Å². The fraction of sp³-hybridized carbons (Fsp3) is 0.250. The molecule has 2 unspecified atom stereocenters. The minimum atomic E-state index is -0.823. The van der Waals surface area contributed by atoms with Gasteiger partial charge in [-0.15, -0.1) is 11.8 Å². The first-order valence-corrected chi connectivity index (χ1v) is 8.21. The minimum absolute atomic E-state index is 0.0455. The molecule has 0 aliphatic heterocycles. The van der Waals surface area contributed by atoms with Gasteiger partial charge in [-0.2, -0.15) is 0 Å². The van der Waals surface area contributed by atoms with Crippen LogP contribution in [0, 0.1) is 20.2 Å². The quantitative estimate of drug-likeness (QED) is 0.350. The zero-order valence-corrected chi connectivity index (χ0v) is 13.8. The van der Waals surface area contributed by atoms with Crippen molar-refractivity contribution in [3.63, 3.8) is 0 Å². The van der Waals surface area contributed by atoms with Crippen LogP contribution in [-0.4, -0.2) is 15.9 Å². The van der Waals surface area contributed by atoms with E-state index in [4.69, 9.17) is 5.73 Å². The Kier molecular flexibility index (Phi) is 5.75. The van der Waals surface area contributed by atoms with Crippen molar-refractivity contribution in [2.75, 3.05) is 5.73 Å². The van der Waals surface area contributed by atoms with Crippen LogP contribution in [0.2, 0.25) is 0 Å². The standard InChI is InChI=1S/C16H17N3O4S/c1-2-14(19(22)23)16(24-15-6-4-3-5-13(15)17)11-7-9-12(10-8-11)18(20)21/h3-10,14,16H,2,17H2,1H3. The highest BCUT2D eigenvalue weighted by Crippen LogP contribution is 2.42. The highest BCUT2D eigenvalue weighted by Gasteiger charge is 2.32. The molecule has 7 nitrogen and oxygen atoms in total. The van der Waals surface area contributed by atoms with Crippen LogP contribution in [0.1, 0.15) is 24.2 Å². The molecular weight excluding hydrogens is 330 g/mol. The van der Waals surface area contributed by atoms with Gasteiger partial charge in [0, 0.05) is 34.1 Å². The first-order chi connectivity index (χ1) is 11.4. The van der Waals surface area contributed by atoms with Crippen molar-refractivity contribution >= 4 is 23.1 Å². The second-order valence-electron chi connectivity index (χ2n) is 5.19. The number of anilines is 1. The minimum Gasteiger partial charge on any atom is -0.398 e. The molecule has 2 aromatic rings. The van der Waals surface area contributed by atoms with Crippen LogP contribution in [0.15, 0.2) is 53.4 Å². The Bertz CT molecular complexity index is 736. The monoisotopic (exact) mass is 347 g/mol. The van der Waals surface area contributed by atoms with Crippen LogP contribution in [0.3, 0.4) is 0 Å². The predicted molar refractivity (Wildman–Crippen MR) is 93.6 cm³/mol. The Morgan fingerprint density at radius 2 is 1.71 bits per heavy atom. The zero-order chi connectivity index (χ0) is 17.7. The third-order valence-electron chi connectivity index (χ3n) is 3.64. The molecule has 0 amide bonds. The molecule has 8 heteroatoms. The van der Waals surface area contributed by atoms with Gasteiger partial charge in [-0.05, 0) is 17.7 Å². The topological polar surface area (TPSA) is 112 Å². The number of benzene rings is 2. The smallest absolute Gasteiger partial charge is 0.269 e. The van der Waals surface area contributed by atoms with E-state index < -0.39 is 16.2 Å². The summed E-state index contributed by atoms with van der Waals surface area (Å²) in [6, 6.07) is 12.2.